The molecule has 1 aliphatic heterocycles. The molecule has 1 heterocycles. The van der Waals surface area contributed by atoms with Crippen LogP contribution in [-0.2, 0) is 9.59 Å². The molecule has 0 aromatic carbocycles. The number of amides is 2. The summed E-state index contributed by atoms with van der Waals surface area (Å²) in [4.78, 5) is 25.7. The van der Waals surface area contributed by atoms with Crippen molar-refractivity contribution in [3.8, 4) is 0 Å². The van der Waals surface area contributed by atoms with E-state index in [4.69, 9.17) is 0 Å². The van der Waals surface area contributed by atoms with Crippen molar-refractivity contribution in [3.05, 3.63) is 0 Å². The molecule has 2 rings (SSSR count). The highest BCUT2D eigenvalue weighted by molar-refractivity contribution is 5.89. The third kappa shape index (κ3) is 3.24. The van der Waals surface area contributed by atoms with Gasteiger partial charge in [-0.1, -0.05) is 26.2 Å². The molecule has 4 heteroatoms. The van der Waals surface area contributed by atoms with Crippen molar-refractivity contribution >= 4 is 11.8 Å². The van der Waals surface area contributed by atoms with Gasteiger partial charge in [0.15, 0.2) is 0 Å². The van der Waals surface area contributed by atoms with Crippen molar-refractivity contribution < 1.29 is 9.59 Å². The molecule has 1 atom stereocenters. The van der Waals surface area contributed by atoms with Crippen molar-refractivity contribution in [1.29, 1.82) is 0 Å². The lowest BCUT2D eigenvalue weighted by molar-refractivity contribution is -0.129. The zero-order chi connectivity index (χ0) is 13.0. The smallest absolute Gasteiger partial charge is 0.225 e. The molecule has 18 heavy (non-hydrogen) atoms. The van der Waals surface area contributed by atoms with Crippen LogP contribution in [0.3, 0.4) is 0 Å². The van der Waals surface area contributed by atoms with Crippen molar-refractivity contribution in [1.82, 2.24) is 10.2 Å². The van der Waals surface area contributed by atoms with Crippen LogP contribution in [-0.4, -0.2) is 35.8 Å². The number of nitrogens with zero attached hydrogens (tertiary/aromatic N) is 1. The number of hydrogen-bond acceptors (Lipinski definition) is 2. The molecule has 2 fully saturated rings. The molecule has 1 aliphatic carbocycles. The minimum Gasteiger partial charge on any atom is -0.353 e. The average molecular weight is 252 g/mol. The summed E-state index contributed by atoms with van der Waals surface area (Å²) in [5.74, 6) is 0.112. The summed E-state index contributed by atoms with van der Waals surface area (Å²) >= 11 is 0. The predicted octanol–water partition coefficient (Wildman–Crippen LogP) is 1.69. The second-order valence-electron chi connectivity index (χ2n) is 5.58. The molecule has 0 aromatic heterocycles. The maximum Gasteiger partial charge on any atom is 0.225 e. The van der Waals surface area contributed by atoms with Crippen LogP contribution in [0.25, 0.3) is 0 Å². The Morgan fingerprint density at radius 1 is 1.33 bits per heavy atom. The number of carbonyl (C=O) groups is 2. The molecule has 1 unspecified atom stereocenters. The standard InChI is InChI=1S/C14H24N2O2/c1-2-8-16-10-11(9-13(16)17)14(18)15-12-6-4-3-5-7-12/h11-12H,2-10H2,1H3,(H,15,18). The van der Waals surface area contributed by atoms with Crippen LogP contribution in [0, 0.1) is 5.92 Å². The second-order valence-corrected chi connectivity index (χ2v) is 5.58. The molecular formula is C14H24N2O2. The lowest BCUT2D eigenvalue weighted by Gasteiger charge is -2.24. The summed E-state index contributed by atoms with van der Waals surface area (Å²) in [6.07, 6.45) is 7.29. The monoisotopic (exact) mass is 252 g/mol. The minimum absolute atomic E-state index is 0.0915. The van der Waals surface area contributed by atoms with Gasteiger partial charge in [-0.25, -0.2) is 0 Å². The van der Waals surface area contributed by atoms with Crippen LogP contribution in [0.4, 0.5) is 0 Å². The van der Waals surface area contributed by atoms with Crippen molar-refractivity contribution in [2.45, 2.75) is 57.9 Å². The van der Waals surface area contributed by atoms with Gasteiger partial charge < -0.3 is 10.2 Å². The van der Waals surface area contributed by atoms with E-state index < -0.39 is 0 Å². The molecule has 0 aromatic rings. The fraction of sp³-hybridized carbons (Fsp3) is 0.857. The number of likely N-dealkylation sites (tertiary alicyclic amines) is 1. The second kappa shape index (κ2) is 6.21. The van der Waals surface area contributed by atoms with Crippen LogP contribution >= 0.6 is 0 Å². The predicted molar refractivity (Wildman–Crippen MR) is 70.0 cm³/mol. The first-order valence-corrected chi connectivity index (χ1v) is 7.29. The van der Waals surface area contributed by atoms with Crippen LogP contribution in [0.2, 0.25) is 0 Å². The minimum atomic E-state index is -0.119. The zero-order valence-electron chi connectivity index (χ0n) is 11.3. The van der Waals surface area contributed by atoms with E-state index in [9.17, 15) is 9.59 Å². The quantitative estimate of drug-likeness (QED) is 0.828. The fourth-order valence-corrected chi connectivity index (χ4v) is 3.00. The van der Waals surface area contributed by atoms with E-state index in [1.807, 2.05) is 4.90 Å². The molecule has 2 aliphatic rings. The largest absolute Gasteiger partial charge is 0.353 e. The number of nitrogens with one attached hydrogen (secondary N) is 1. The number of hydrogen-bond donors (Lipinski definition) is 1. The zero-order valence-corrected chi connectivity index (χ0v) is 11.3. The van der Waals surface area contributed by atoms with Gasteiger partial charge in [-0.3, -0.25) is 9.59 Å². The molecule has 2 amide bonds. The fourth-order valence-electron chi connectivity index (χ4n) is 3.00. The Labute approximate surface area is 109 Å². The SMILES string of the molecule is CCCN1CC(C(=O)NC2CCCCC2)CC1=O. The first-order valence-electron chi connectivity index (χ1n) is 7.29. The molecule has 1 saturated heterocycles. The first-order chi connectivity index (χ1) is 8.70. The van der Waals surface area contributed by atoms with Crippen LogP contribution in [0.15, 0.2) is 0 Å². The maximum absolute atomic E-state index is 12.1. The summed E-state index contributed by atoms with van der Waals surface area (Å²) in [5, 5.41) is 3.13. The van der Waals surface area contributed by atoms with Gasteiger partial charge >= 0.3 is 0 Å². The molecule has 0 spiro atoms. The van der Waals surface area contributed by atoms with Gasteiger partial charge in [0, 0.05) is 25.6 Å². The van der Waals surface area contributed by atoms with Gasteiger partial charge in [-0.15, -0.1) is 0 Å². The van der Waals surface area contributed by atoms with Gasteiger partial charge in [0.25, 0.3) is 0 Å². The molecule has 1 N–H and O–H groups in total. The van der Waals surface area contributed by atoms with E-state index in [2.05, 4.69) is 12.2 Å². The van der Waals surface area contributed by atoms with Gasteiger partial charge in [0.05, 0.1) is 5.92 Å². The molecule has 4 nitrogen and oxygen atoms in total. The summed E-state index contributed by atoms with van der Waals surface area (Å²) < 4.78 is 0. The number of carbonyl (C=O) groups excluding carboxylic acids is 2. The Kier molecular flexibility index (Phi) is 4.61. The third-order valence-corrected chi connectivity index (χ3v) is 4.03. The third-order valence-electron chi connectivity index (χ3n) is 4.03. The normalized spacial score (nSPS) is 25.5. The van der Waals surface area contributed by atoms with E-state index in [1.165, 1.54) is 19.3 Å². The highest BCUT2D eigenvalue weighted by atomic mass is 16.2. The topological polar surface area (TPSA) is 49.4 Å². The van der Waals surface area contributed by atoms with Gasteiger partial charge in [-0.2, -0.15) is 0 Å². The van der Waals surface area contributed by atoms with E-state index in [-0.39, 0.29) is 17.7 Å². The molecule has 1 saturated carbocycles. The van der Waals surface area contributed by atoms with Gasteiger partial charge in [-0.05, 0) is 19.3 Å². The van der Waals surface area contributed by atoms with E-state index >= 15 is 0 Å². The highest BCUT2D eigenvalue weighted by Gasteiger charge is 2.34. The Balaban J connectivity index is 1.80. The molecule has 0 radical (unpaired) electrons. The Morgan fingerprint density at radius 2 is 2.06 bits per heavy atom. The van der Waals surface area contributed by atoms with Gasteiger partial charge in [0.1, 0.15) is 0 Å². The lowest BCUT2D eigenvalue weighted by atomic mass is 9.95. The average Bonchev–Trinajstić information content (AvgIpc) is 2.73. The highest BCUT2D eigenvalue weighted by Crippen LogP contribution is 2.21. The first kappa shape index (κ1) is 13.4. The van der Waals surface area contributed by atoms with Crippen molar-refractivity contribution in [3.63, 3.8) is 0 Å². The summed E-state index contributed by atoms with van der Waals surface area (Å²) in [6.45, 7) is 3.46. The Morgan fingerprint density at radius 3 is 2.72 bits per heavy atom. The summed E-state index contributed by atoms with van der Waals surface area (Å²) in [7, 11) is 0. The maximum atomic E-state index is 12.1. The molecule has 0 bridgehead atoms. The van der Waals surface area contributed by atoms with Crippen LogP contribution in [0.1, 0.15) is 51.9 Å². The van der Waals surface area contributed by atoms with Crippen LogP contribution in [0.5, 0.6) is 0 Å². The van der Waals surface area contributed by atoms with Crippen molar-refractivity contribution in [2.75, 3.05) is 13.1 Å². The molecular weight excluding hydrogens is 228 g/mol. The van der Waals surface area contributed by atoms with E-state index in [0.717, 1.165) is 25.8 Å². The lowest BCUT2D eigenvalue weighted by Crippen LogP contribution is -2.40. The summed E-state index contributed by atoms with van der Waals surface area (Å²) in [6, 6.07) is 0.349. The van der Waals surface area contributed by atoms with Crippen LogP contribution < -0.4 is 5.32 Å². The van der Waals surface area contributed by atoms with E-state index in [0.29, 0.717) is 19.0 Å². The number of rotatable bonds is 4. The van der Waals surface area contributed by atoms with Gasteiger partial charge in [0.2, 0.25) is 11.8 Å². The Hall–Kier alpha value is -1.06. The Bertz CT molecular complexity index is 311. The van der Waals surface area contributed by atoms with Crippen molar-refractivity contribution in [2.24, 2.45) is 5.92 Å². The molecule has 102 valence electrons. The summed E-state index contributed by atoms with van der Waals surface area (Å²) in [5.41, 5.74) is 0. The van der Waals surface area contributed by atoms with E-state index in [1.54, 1.807) is 0 Å².